The van der Waals surface area contributed by atoms with Crippen LogP contribution in [0.4, 0.5) is 10.1 Å². The van der Waals surface area contributed by atoms with E-state index < -0.39 is 0 Å². The topological polar surface area (TPSA) is 24.5 Å². The van der Waals surface area contributed by atoms with Gasteiger partial charge in [-0.05, 0) is 37.8 Å². The monoisotopic (exact) mass is 264 g/mol. The number of rotatable bonds is 4. The molecule has 1 atom stereocenters. The van der Waals surface area contributed by atoms with E-state index in [0.29, 0.717) is 18.4 Å². The van der Waals surface area contributed by atoms with Crippen molar-refractivity contribution in [2.75, 3.05) is 31.1 Å². The van der Waals surface area contributed by atoms with E-state index in [2.05, 4.69) is 10.2 Å². The van der Waals surface area contributed by atoms with Crippen molar-refractivity contribution in [1.82, 2.24) is 5.32 Å². The van der Waals surface area contributed by atoms with Crippen LogP contribution in [0.3, 0.4) is 0 Å². The van der Waals surface area contributed by atoms with E-state index in [4.69, 9.17) is 4.74 Å². The number of piperazine rings is 1. The summed E-state index contributed by atoms with van der Waals surface area (Å²) < 4.78 is 19.1. The van der Waals surface area contributed by atoms with Crippen molar-refractivity contribution >= 4 is 5.69 Å². The van der Waals surface area contributed by atoms with E-state index in [0.717, 1.165) is 31.2 Å². The van der Waals surface area contributed by atoms with Gasteiger partial charge in [0.05, 0.1) is 6.61 Å². The molecule has 1 aliphatic heterocycles. The normalized spacial score (nSPS) is 23.5. The number of hydrogen-bond donors (Lipinski definition) is 1. The van der Waals surface area contributed by atoms with Crippen molar-refractivity contribution in [3.05, 3.63) is 24.0 Å². The molecule has 104 valence electrons. The van der Waals surface area contributed by atoms with Crippen LogP contribution in [0.25, 0.3) is 0 Å². The summed E-state index contributed by atoms with van der Waals surface area (Å²) in [5.41, 5.74) is 0.966. The van der Waals surface area contributed by atoms with Gasteiger partial charge >= 0.3 is 0 Å². The van der Waals surface area contributed by atoms with Crippen LogP contribution in [0, 0.1) is 11.7 Å². The van der Waals surface area contributed by atoms with Gasteiger partial charge in [0, 0.05) is 37.4 Å². The summed E-state index contributed by atoms with van der Waals surface area (Å²) in [4.78, 5) is 2.28. The van der Waals surface area contributed by atoms with Gasteiger partial charge in [-0.25, -0.2) is 4.39 Å². The Morgan fingerprint density at radius 3 is 2.95 bits per heavy atom. The number of benzene rings is 1. The van der Waals surface area contributed by atoms with Gasteiger partial charge in [0.25, 0.3) is 0 Å². The SMILES string of the molecule is CCOc1ccc(N2CCNC(C3CC3)C2)cc1F. The molecular weight excluding hydrogens is 243 g/mol. The van der Waals surface area contributed by atoms with Gasteiger partial charge in [-0.1, -0.05) is 0 Å². The molecule has 1 aromatic rings. The summed E-state index contributed by atoms with van der Waals surface area (Å²) in [6.45, 7) is 5.27. The smallest absolute Gasteiger partial charge is 0.167 e. The quantitative estimate of drug-likeness (QED) is 0.904. The maximum atomic E-state index is 13.9. The zero-order valence-electron chi connectivity index (χ0n) is 11.4. The van der Waals surface area contributed by atoms with Crippen LogP contribution in [0.1, 0.15) is 19.8 Å². The number of nitrogens with zero attached hydrogens (tertiary/aromatic N) is 1. The molecule has 2 fully saturated rings. The highest BCUT2D eigenvalue weighted by molar-refractivity contribution is 5.50. The third-order valence-corrected chi connectivity index (χ3v) is 3.98. The van der Waals surface area contributed by atoms with Gasteiger partial charge in [0.1, 0.15) is 0 Å². The fourth-order valence-corrected chi connectivity index (χ4v) is 2.79. The molecule has 3 nitrogen and oxygen atoms in total. The summed E-state index contributed by atoms with van der Waals surface area (Å²) in [6.07, 6.45) is 2.67. The van der Waals surface area contributed by atoms with Gasteiger partial charge in [0.2, 0.25) is 0 Å². The summed E-state index contributed by atoms with van der Waals surface area (Å²) in [7, 11) is 0. The number of ether oxygens (including phenoxy) is 1. The van der Waals surface area contributed by atoms with Crippen molar-refractivity contribution in [3.63, 3.8) is 0 Å². The highest BCUT2D eigenvalue weighted by Crippen LogP contribution is 2.34. The minimum absolute atomic E-state index is 0.263. The molecule has 1 N–H and O–H groups in total. The van der Waals surface area contributed by atoms with E-state index >= 15 is 0 Å². The molecule has 0 bridgehead atoms. The third kappa shape index (κ3) is 2.84. The van der Waals surface area contributed by atoms with Crippen LogP contribution in [0.2, 0.25) is 0 Å². The standard InChI is InChI=1S/C15H21FN2O/c1-2-19-15-6-5-12(9-13(15)16)18-8-7-17-14(10-18)11-3-4-11/h5-6,9,11,14,17H,2-4,7-8,10H2,1H3. The Kier molecular flexibility index (Phi) is 3.60. The molecule has 1 unspecified atom stereocenters. The Labute approximate surface area is 113 Å². The Bertz CT molecular complexity index is 448. The molecule has 3 rings (SSSR count). The second-order valence-electron chi connectivity index (χ2n) is 5.39. The molecule has 19 heavy (non-hydrogen) atoms. The highest BCUT2D eigenvalue weighted by Gasteiger charge is 2.34. The fourth-order valence-electron chi connectivity index (χ4n) is 2.79. The predicted molar refractivity (Wildman–Crippen MR) is 74.3 cm³/mol. The molecule has 1 heterocycles. The summed E-state index contributed by atoms with van der Waals surface area (Å²) in [5, 5.41) is 3.57. The van der Waals surface area contributed by atoms with Crippen molar-refractivity contribution in [2.45, 2.75) is 25.8 Å². The number of hydrogen-bond acceptors (Lipinski definition) is 3. The van der Waals surface area contributed by atoms with E-state index in [1.165, 1.54) is 12.8 Å². The van der Waals surface area contributed by atoms with Crippen LogP contribution in [0.15, 0.2) is 18.2 Å². The molecule has 1 aromatic carbocycles. The third-order valence-electron chi connectivity index (χ3n) is 3.98. The largest absolute Gasteiger partial charge is 0.491 e. The lowest BCUT2D eigenvalue weighted by atomic mass is 10.1. The van der Waals surface area contributed by atoms with Gasteiger partial charge in [0.15, 0.2) is 11.6 Å². The zero-order chi connectivity index (χ0) is 13.2. The fraction of sp³-hybridized carbons (Fsp3) is 0.600. The predicted octanol–water partition coefficient (Wildman–Crippen LogP) is 2.41. The molecule has 4 heteroatoms. The Hall–Kier alpha value is -1.29. The minimum Gasteiger partial charge on any atom is -0.491 e. The maximum absolute atomic E-state index is 13.9. The molecule has 1 saturated heterocycles. The second kappa shape index (κ2) is 5.37. The first-order chi connectivity index (χ1) is 9.28. The highest BCUT2D eigenvalue weighted by atomic mass is 19.1. The number of halogens is 1. The van der Waals surface area contributed by atoms with E-state index in [1.807, 2.05) is 13.0 Å². The maximum Gasteiger partial charge on any atom is 0.167 e. The summed E-state index contributed by atoms with van der Waals surface area (Å²) in [6, 6.07) is 5.87. The van der Waals surface area contributed by atoms with Crippen LogP contribution < -0.4 is 15.0 Å². The lowest BCUT2D eigenvalue weighted by molar-refractivity contribution is 0.321. The summed E-state index contributed by atoms with van der Waals surface area (Å²) >= 11 is 0. The molecule has 2 aliphatic rings. The van der Waals surface area contributed by atoms with E-state index in [-0.39, 0.29) is 5.82 Å². The van der Waals surface area contributed by atoms with Gasteiger partial charge in [-0.2, -0.15) is 0 Å². The first-order valence-corrected chi connectivity index (χ1v) is 7.18. The van der Waals surface area contributed by atoms with E-state index in [9.17, 15) is 4.39 Å². The van der Waals surface area contributed by atoms with Crippen molar-refractivity contribution in [1.29, 1.82) is 0 Å². The minimum atomic E-state index is -0.263. The van der Waals surface area contributed by atoms with Gasteiger partial charge < -0.3 is 15.0 Å². The van der Waals surface area contributed by atoms with Gasteiger partial charge in [-0.3, -0.25) is 0 Å². The number of nitrogens with one attached hydrogen (secondary N) is 1. The number of anilines is 1. The lowest BCUT2D eigenvalue weighted by Gasteiger charge is -2.35. The average molecular weight is 264 g/mol. The molecule has 0 spiro atoms. The second-order valence-corrected chi connectivity index (χ2v) is 5.39. The van der Waals surface area contributed by atoms with E-state index in [1.54, 1.807) is 12.1 Å². The summed E-state index contributed by atoms with van der Waals surface area (Å²) in [5.74, 6) is 0.913. The molecule has 0 radical (unpaired) electrons. The Balaban J connectivity index is 1.72. The molecule has 0 amide bonds. The Morgan fingerprint density at radius 1 is 1.42 bits per heavy atom. The van der Waals surface area contributed by atoms with Crippen LogP contribution in [-0.2, 0) is 0 Å². The van der Waals surface area contributed by atoms with Crippen LogP contribution >= 0.6 is 0 Å². The first-order valence-electron chi connectivity index (χ1n) is 7.18. The van der Waals surface area contributed by atoms with Gasteiger partial charge in [-0.15, -0.1) is 0 Å². The zero-order valence-corrected chi connectivity index (χ0v) is 11.4. The molecule has 1 saturated carbocycles. The van der Waals surface area contributed by atoms with Crippen molar-refractivity contribution < 1.29 is 9.13 Å². The first kappa shape index (κ1) is 12.7. The van der Waals surface area contributed by atoms with Crippen molar-refractivity contribution in [2.24, 2.45) is 5.92 Å². The molecular formula is C15H21FN2O. The van der Waals surface area contributed by atoms with Crippen LogP contribution in [-0.4, -0.2) is 32.3 Å². The molecule has 1 aliphatic carbocycles. The van der Waals surface area contributed by atoms with Crippen LogP contribution in [0.5, 0.6) is 5.75 Å². The molecule has 0 aromatic heterocycles. The lowest BCUT2D eigenvalue weighted by Crippen LogP contribution is -2.51. The van der Waals surface area contributed by atoms with Crippen molar-refractivity contribution in [3.8, 4) is 5.75 Å². The Morgan fingerprint density at radius 2 is 2.26 bits per heavy atom. The average Bonchev–Trinajstić information content (AvgIpc) is 3.26.